The topological polar surface area (TPSA) is 63.0 Å². The van der Waals surface area contributed by atoms with Crippen LogP contribution in [0.2, 0.25) is 0 Å². The van der Waals surface area contributed by atoms with Gasteiger partial charge in [0.15, 0.2) is 0 Å². The molecule has 2 heterocycles. The molecular weight excluding hydrogens is 144 g/mol. The first-order valence-corrected chi connectivity index (χ1v) is 3.18. The van der Waals surface area contributed by atoms with E-state index < -0.39 is 0 Å². The average Bonchev–Trinajstić information content (AvgIpc) is 2.27. The second-order valence-corrected chi connectivity index (χ2v) is 2.23. The van der Waals surface area contributed by atoms with Crippen molar-refractivity contribution < 1.29 is 0 Å². The van der Waals surface area contributed by atoms with Crippen LogP contribution in [-0.4, -0.2) is 19.6 Å². The van der Waals surface area contributed by atoms with E-state index in [1.54, 1.807) is 13.1 Å². The van der Waals surface area contributed by atoms with E-state index in [2.05, 4.69) is 15.1 Å². The van der Waals surface area contributed by atoms with Crippen LogP contribution in [0.3, 0.4) is 0 Å². The molecule has 0 radical (unpaired) electrons. The van der Waals surface area contributed by atoms with Gasteiger partial charge in [-0.25, -0.2) is 4.52 Å². The minimum atomic E-state index is -0.162. The van der Waals surface area contributed by atoms with Gasteiger partial charge in [-0.1, -0.05) is 0 Å². The summed E-state index contributed by atoms with van der Waals surface area (Å²) in [7, 11) is 0. The Bertz CT molecular complexity index is 441. The molecule has 0 aliphatic carbocycles. The van der Waals surface area contributed by atoms with E-state index in [1.165, 1.54) is 10.6 Å². The van der Waals surface area contributed by atoms with Gasteiger partial charge in [0.05, 0.1) is 0 Å². The Kier molecular flexibility index (Phi) is 1.06. The molecule has 0 bridgehead atoms. The summed E-state index contributed by atoms with van der Waals surface area (Å²) in [5.74, 6) is 1.13. The Morgan fingerprint density at radius 2 is 2.45 bits per heavy atom. The first-order chi connectivity index (χ1) is 5.25. The molecule has 11 heavy (non-hydrogen) atoms. The molecule has 1 N–H and O–H groups in total. The minimum absolute atomic E-state index is 0.162. The van der Waals surface area contributed by atoms with Gasteiger partial charge in [0, 0.05) is 12.3 Å². The van der Waals surface area contributed by atoms with Crippen LogP contribution >= 0.6 is 0 Å². The molecule has 0 aromatic carbocycles. The van der Waals surface area contributed by atoms with Crippen molar-refractivity contribution in [1.29, 1.82) is 0 Å². The summed E-state index contributed by atoms with van der Waals surface area (Å²) in [6.45, 7) is 1.77. The van der Waals surface area contributed by atoms with Crippen molar-refractivity contribution in [2.24, 2.45) is 0 Å². The van der Waals surface area contributed by atoms with E-state index in [1.807, 2.05) is 0 Å². The van der Waals surface area contributed by atoms with Gasteiger partial charge in [0.25, 0.3) is 5.56 Å². The second-order valence-electron chi connectivity index (χ2n) is 2.23. The fourth-order valence-electron chi connectivity index (χ4n) is 0.909. The number of hydrogen-bond donors (Lipinski definition) is 1. The molecule has 0 amide bonds. The number of H-pyrrole nitrogens is 1. The van der Waals surface area contributed by atoms with Crippen molar-refractivity contribution in [2.75, 3.05) is 0 Å². The van der Waals surface area contributed by atoms with Crippen LogP contribution in [0.5, 0.6) is 0 Å². The number of hydrogen-bond acceptors (Lipinski definition) is 3. The number of nitrogens with one attached hydrogen (secondary N) is 1. The smallest absolute Gasteiger partial charge is 0.252 e. The number of aryl methyl sites for hydroxylation is 1. The number of aromatic nitrogens is 4. The van der Waals surface area contributed by atoms with Crippen molar-refractivity contribution in [3.05, 3.63) is 28.4 Å². The molecule has 5 nitrogen and oxygen atoms in total. The third kappa shape index (κ3) is 0.899. The van der Waals surface area contributed by atoms with Gasteiger partial charge in [-0.2, -0.15) is 10.1 Å². The summed E-state index contributed by atoms with van der Waals surface area (Å²) >= 11 is 0. The fourth-order valence-corrected chi connectivity index (χ4v) is 0.909. The molecule has 0 saturated heterocycles. The van der Waals surface area contributed by atoms with Crippen molar-refractivity contribution in [3.63, 3.8) is 0 Å². The third-order valence-electron chi connectivity index (χ3n) is 1.34. The minimum Gasteiger partial charge on any atom is -0.291 e. The number of rotatable bonds is 0. The highest BCUT2D eigenvalue weighted by Crippen LogP contribution is 1.91. The molecule has 2 aromatic rings. The summed E-state index contributed by atoms with van der Waals surface area (Å²) in [5, 5.41) is 3.99. The lowest BCUT2D eigenvalue weighted by Crippen LogP contribution is -2.05. The molecule has 0 aliphatic rings. The number of aromatic amines is 1. The van der Waals surface area contributed by atoms with E-state index in [0.717, 1.165) is 0 Å². The number of fused-ring (bicyclic) bond motifs is 1. The van der Waals surface area contributed by atoms with Crippen molar-refractivity contribution in [2.45, 2.75) is 6.92 Å². The van der Waals surface area contributed by atoms with Crippen molar-refractivity contribution >= 4 is 5.78 Å². The maximum atomic E-state index is 10.8. The van der Waals surface area contributed by atoms with Crippen LogP contribution in [0.1, 0.15) is 5.82 Å². The van der Waals surface area contributed by atoms with Crippen LogP contribution in [-0.2, 0) is 0 Å². The van der Waals surface area contributed by atoms with E-state index in [0.29, 0.717) is 11.6 Å². The highest BCUT2D eigenvalue weighted by Gasteiger charge is 1.96. The van der Waals surface area contributed by atoms with Gasteiger partial charge in [0.1, 0.15) is 5.82 Å². The predicted molar refractivity (Wildman–Crippen MR) is 38.3 cm³/mol. The summed E-state index contributed by atoms with van der Waals surface area (Å²) < 4.78 is 1.52. The Balaban J connectivity index is 2.92. The molecule has 0 unspecified atom stereocenters. The molecule has 2 rings (SSSR count). The van der Waals surface area contributed by atoms with Crippen LogP contribution in [0.25, 0.3) is 5.78 Å². The largest absolute Gasteiger partial charge is 0.291 e. The van der Waals surface area contributed by atoms with Crippen LogP contribution in [0.15, 0.2) is 17.1 Å². The number of nitrogens with zero attached hydrogens (tertiary/aromatic N) is 3. The maximum Gasteiger partial charge on any atom is 0.252 e. The molecule has 2 aromatic heterocycles. The zero-order valence-corrected chi connectivity index (χ0v) is 5.90. The van der Waals surface area contributed by atoms with Crippen LogP contribution in [0, 0.1) is 6.92 Å². The van der Waals surface area contributed by atoms with E-state index in [-0.39, 0.29) is 5.56 Å². The fraction of sp³-hybridized carbons (Fsp3) is 0.167. The highest BCUT2D eigenvalue weighted by molar-refractivity contribution is 5.24. The van der Waals surface area contributed by atoms with Crippen LogP contribution in [0.4, 0.5) is 0 Å². The lowest BCUT2D eigenvalue weighted by Gasteiger charge is -1.85. The second kappa shape index (κ2) is 1.91. The molecule has 0 fully saturated rings. The molecule has 56 valence electrons. The molecule has 5 heteroatoms. The lowest BCUT2D eigenvalue weighted by atomic mass is 10.7. The zero-order valence-electron chi connectivity index (χ0n) is 5.90. The lowest BCUT2D eigenvalue weighted by molar-refractivity contribution is 0.910. The third-order valence-corrected chi connectivity index (χ3v) is 1.34. The highest BCUT2D eigenvalue weighted by atomic mass is 16.1. The monoisotopic (exact) mass is 150 g/mol. The van der Waals surface area contributed by atoms with Crippen molar-refractivity contribution in [1.82, 2.24) is 19.6 Å². The first kappa shape index (κ1) is 6.09. The maximum absolute atomic E-state index is 10.8. The molecule has 0 spiro atoms. The molecule has 0 saturated carbocycles. The van der Waals surface area contributed by atoms with E-state index >= 15 is 0 Å². The summed E-state index contributed by atoms with van der Waals surface area (Å²) in [5.41, 5.74) is -0.162. The van der Waals surface area contributed by atoms with Gasteiger partial charge >= 0.3 is 0 Å². The normalized spacial score (nSPS) is 10.6. The Labute approximate surface area is 61.7 Å². The predicted octanol–water partition coefficient (Wildman–Crippen LogP) is -0.274. The zero-order chi connectivity index (χ0) is 7.84. The van der Waals surface area contributed by atoms with Crippen molar-refractivity contribution in [3.8, 4) is 0 Å². The first-order valence-electron chi connectivity index (χ1n) is 3.18. The van der Waals surface area contributed by atoms with Gasteiger partial charge < -0.3 is 0 Å². The van der Waals surface area contributed by atoms with Crippen LogP contribution < -0.4 is 5.56 Å². The average molecular weight is 150 g/mol. The quantitative estimate of drug-likeness (QED) is 0.562. The molecule has 0 aliphatic heterocycles. The van der Waals surface area contributed by atoms with Gasteiger partial charge in [-0.15, -0.1) is 0 Å². The van der Waals surface area contributed by atoms with E-state index in [9.17, 15) is 4.79 Å². The Morgan fingerprint density at radius 1 is 1.64 bits per heavy atom. The van der Waals surface area contributed by atoms with E-state index in [4.69, 9.17) is 0 Å². The van der Waals surface area contributed by atoms with Gasteiger partial charge in [-0.05, 0) is 6.92 Å². The van der Waals surface area contributed by atoms with Gasteiger partial charge in [0.2, 0.25) is 5.78 Å². The SMILES string of the molecule is Cc1nc2[nH]c(=O)ccn2n1. The standard InChI is InChI=1S/C6H6N4O/c1-4-7-6-8-5(11)2-3-10(6)9-4/h2-3H,1H3,(H,7,8,9,11). The van der Waals surface area contributed by atoms with Gasteiger partial charge in [-0.3, -0.25) is 9.78 Å². The summed E-state index contributed by atoms with van der Waals surface area (Å²) in [6, 6.07) is 1.40. The summed E-state index contributed by atoms with van der Waals surface area (Å²) in [6.07, 6.45) is 1.58. The molecule has 0 atom stereocenters. The molecular formula is C6H6N4O. The summed E-state index contributed by atoms with van der Waals surface area (Å²) in [4.78, 5) is 17.3. The Morgan fingerprint density at radius 3 is 3.27 bits per heavy atom. The Hall–Kier alpha value is -1.65.